The van der Waals surface area contributed by atoms with Crippen molar-refractivity contribution in [3.63, 3.8) is 0 Å². The Morgan fingerprint density at radius 3 is 2.77 bits per heavy atom. The summed E-state index contributed by atoms with van der Waals surface area (Å²) in [7, 11) is 0. The third-order valence-corrected chi connectivity index (χ3v) is 5.70. The van der Waals surface area contributed by atoms with Crippen molar-refractivity contribution in [3.8, 4) is 0 Å². The van der Waals surface area contributed by atoms with Crippen molar-refractivity contribution in [1.29, 1.82) is 0 Å². The monoisotopic (exact) mass is 415 g/mol. The summed E-state index contributed by atoms with van der Waals surface area (Å²) in [5.41, 5.74) is 12.1. The number of nitrogens with one attached hydrogen (secondary N) is 1. The van der Waals surface area contributed by atoms with Gasteiger partial charge in [0.1, 0.15) is 0 Å². The number of carbonyl (C=O) groups is 1. The molecule has 0 fully saturated rings. The molecule has 6 heteroatoms. The van der Waals surface area contributed by atoms with E-state index in [0.717, 1.165) is 53.8 Å². The Kier molecular flexibility index (Phi) is 6.46. The van der Waals surface area contributed by atoms with Gasteiger partial charge in [0.05, 0.1) is 24.1 Å². The van der Waals surface area contributed by atoms with Gasteiger partial charge in [-0.15, -0.1) is 0 Å². The van der Waals surface area contributed by atoms with E-state index in [4.69, 9.17) is 5.73 Å². The molecule has 0 bridgehead atoms. The summed E-state index contributed by atoms with van der Waals surface area (Å²) < 4.78 is 0. The number of aromatic nitrogens is 2. The molecule has 4 rings (SSSR count). The average Bonchev–Trinajstić information content (AvgIpc) is 3.14. The van der Waals surface area contributed by atoms with Crippen LogP contribution in [-0.2, 0) is 17.6 Å². The van der Waals surface area contributed by atoms with Crippen molar-refractivity contribution in [3.05, 3.63) is 71.6 Å². The lowest BCUT2D eigenvalue weighted by Crippen LogP contribution is -2.35. The fourth-order valence-corrected chi connectivity index (χ4v) is 3.93. The van der Waals surface area contributed by atoms with E-state index in [2.05, 4.69) is 44.1 Å². The van der Waals surface area contributed by atoms with E-state index in [1.54, 1.807) is 0 Å². The summed E-state index contributed by atoms with van der Waals surface area (Å²) in [5.74, 6) is 0.652. The molecule has 6 nitrogen and oxygen atoms in total. The molecule has 0 saturated carbocycles. The Morgan fingerprint density at radius 2 is 1.94 bits per heavy atom. The van der Waals surface area contributed by atoms with Crippen molar-refractivity contribution < 1.29 is 4.79 Å². The number of allylic oxidation sites excluding steroid dienone is 1. The van der Waals surface area contributed by atoms with Crippen LogP contribution in [0.3, 0.4) is 0 Å². The summed E-state index contributed by atoms with van der Waals surface area (Å²) >= 11 is 0. The van der Waals surface area contributed by atoms with Crippen LogP contribution in [0.15, 0.2) is 65.4 Å². The molecule has 3 N–H and O–H groups in total. The molecule has 31 heavy (non-hydrogen) atoms. The van der Waals surface area contributed by atoms with Crippen LogP contribution in [0.4, 0.5) is 5.95 Å². The van der Waals surface area contributed by atoms with Gasteiger partial charge in [0.15, 0.2) is 11.7 Å². The number of anilines is 1. The number of nitrogen functional groups attached to an aromatic ring is 1. The lowest BCUT2D eigenvalue weighted by Gasteiger charge is -2.28. The highest BCUT2D eigenvalue weighted by Crippen LogP contribution is 2.17. The maximum Gasteiger partial charge on any atom is 0.198 e. The molecule has 1 aromatic heterocycles. The number of hydrogen-bond acceptors (Lipinski definition) is 5. The molecule has 0 saturated heterocycles. The molecule has 0 amide bonds. The zero-order chi connectivity index (χ0) is 21.6. The third kappa shape index (κ3) is 5.60. The molecule has 1 aliphatic rings. The smallest absolute Gasteiger partial charge is 0.198 e. The highest BCUT2D eigenvalue weighted by atomic mass is 16.1. The van der Waals surface area contributed by atoms with Crippen molar-refractivity contribution in [2.75, 3.05) is 18.8 Å². The molecular weight excluding hydrogens is 386 g/mol. The number of carbonyl (C=O) groups excluding carboxylic acids is 1. The lowest BCUT2D eigenvalue weighted by atomic mass is 10.0. The summed E-state index contributed by atoms with van der Waals surface area (Å²) in [6, 6.07) is 16.5. The first kappa shape index (κ1) is 20.8. The number of imidazole rings is 1. The fourth-order valence-electron chi connectivity index (χ4n) is 3.93. The van der Waals surface area contributed by atoms with Crippen molar-refractivity contribution in [2.24, 2.45) is 4.99 Å². The van der Waals surface area contributed by atoms with Gasteiger partial charge in [0.25, 0.3) is 0 Å². The number of rotatable bonds is 9. The molecule has 160 valence electrons. The maximum absolute atomic E-state index is 12.7. The van der Waals surface area contributed by atoms with Crippen molar-refractivity contribution in [2.45, 2.75) is 39.0 Å². The van der Waals surface area contributed by atoms with Crippen LogP contribution >= 0.6 is 0 Å². The summed E-state index contributed by atoms with van der Waals surface area (Å²) in [4.78, 5) is 26.7. The number of aliphatic imine (C=N–C) groups is 1. The minimum Gasteiger partial charge on any atom is -0.369 e. The second kappa shape index (κ2) is 9.60. The molecule has 0 atom stereocenters. The van der Waals surface area contributed by atoms with Gasteiger partial charge in [-0.25, -0.2) is 4.98 Å². The van der Waals surface area contributed by atoms with Crippen LogP contribution in [-0.4, -0.2) is 39.5 Å². The van der Waals surface area contributed by atoms with Gasteiger partial charge in [-0.05, 0) is 55.9 Å². The number of fused-ring (bicyclic) bond motifs is 1. The van der Waals surface area contributed by atoms with E-state index in [0.29, 0.717) is 25.3 Å². The molecule has 3 aromatic rings. The maximum atomic E-state index is 12.7. The number of ketones is 1. The molecule has 0 spiro atoms. The normalized spacial score (nSPS) is 13.9. The topological polar surface area (TPSA) is 87.4 Å². The van der Waals surface area contributed by atoms with E-state index in [-0.39, 0.29) is 5.78 Å². The number of Topliss-reactive ketones (excluding diaryl/α,β-unsaturated/α-hetero) is 1. The van der Waals surface area contributed by atoms with Gasteiger partial charge < -0.3 is 15.6 Å². The Morgan fingerprint density at radius 1 is 1.10 bits per heavy atom. The predicted octanol–water partition coefficient (Wildman–Crippen LogP) is 4.29. The molecule has 0 radical (unpaired) electrons. The van der Waals surface area contributed by atoms with Gasteiger partial charge in [0.2, 0.25) is 0 Å². The van der Waals surface area contributed by atoms with Crippen LogP contribution in [0.25, 0.3) is 11.0 Å². The highest BCUT2D eigenvalue weighted by molar-refractivity contribution is 5.89. The quantitative estimate of drug-likeness (QED) is 0.546. The van der Waals surface area contributed by atoms with Crippen LogP contribution in [0.1, 0.15) is 37.3 Å². The zero-order valence-electron chi connectivity index (χ0n) is 18.0. The second-order valence-corrected chi connectivity index (χ2v) is 8.17. The summed E-state index contributed by atoms with van der Waals surface area (Å²) in [6.07, 6.45) is 6.19. The molecule has 1 aliphatic heterocycles. The number of benzene rings is 2. The number of aromatic amines is 1. The standard InChI is InChI=1S/C25H29N5O/c1-18-15-27-21(9-5-8-19-6-3-2-4-7-19)16-30(18)17-22(31)12-10-20-11-13-23-24(14-20)29-25(26)28-23/h2-4,6-7,11,13-15H,5,8-10,12,16-17H2,1H3,(H3,26,28,29). The van der Waals surface area contributed by atoms with Crippen LogP contribution in [0, 0.1) is 0 Å². The fraction of sp³-hybridized carbons (Fsp3) is 0.320. The molecular formula is C25H29N5O. The zero-order valence-corrected chi connectivity index (χ0v) is 18.0. The van der Waals surface area contributed by atoms with E-state index < -0.39 is 0 Å². The van der Waals surface area contributed by atoms with Gasteiger partial charge >= 0.3 is 0 Å². The van der Waals surface area contributed by atoms with Crippen LogP contribution < -0.4 is 5.73 Å². The molecule has 0 unspecified atom stereocenters. The second-order valence-electron chi connectivity index (χ2n) is 8.17. The Balaban J connectivity index is 1.25. The van der Waals surface area contributed by atoms with Crippen LogP contribution in [0.5, 0.6) is 0 Å². The van der Waals surface area contributed by atoms with Gasteiger partial charge in [-0.2, -0.15) is 0 Å². The third-order valence-electron chi connectivity index (χ3n) is 5.70. The van der Waals surface area contributed by atoms with E-state index in [9.17, 15) is 4.79 Å². The van der Waals surface area contributed by atoms with E-state index in [1.807, 2.05) is 37.4 Å². The Labute approximate surface area is 182 Å². The highest BCUT2D eigenvalue weighted by Gasteiger charge is 2.17. The number of nitrogens with zero attached hydrogens (tertiary/aromatic N) is 3. The van der Waals surface area contributed by atoms with Crippen LogP contribution in [0.2, 0.25) is 0 Å². The number of nitrogens with two attached hydrogens (primary N) is 1. The Hall–Kier alpha value is -3.41. The number of aryl methyl sites for hydroxylation is 2. The molecule has 2 aromatic carbocycles. The number of H-pyrrole nitrogens is 1. The first-order chi connectivity index (χ1) is 15.1. The van der Waals surface area contributed by atoms with Gasteiger partial charge in [0, 0.05) is 24.0 Å². The minimum absolute atomic E-state index is 0.238. The first-order valence-electron chi connectivity index (χ1n) is 10.8. The van der Waals surface area contributed by atoms with Gasteiger partial charge in [-0.1, -0.05) is 36.4 Å². The Bertz CT molecular complexity index is 1110. The summed E-state index contributed by atoms with van der Waals surface area (Å²) in [5, 5.41) is 0. The number of hydrogen-bond donors (Lipinski definition) is 2. The van der Waals surface area contributed by atoms with E-state index >= 15 is 0 Å². The lowest BCUT2D eigenvalue weighted by molar-refractivity contribution is -0.119. The summed E-state index contributed by atoms with van der Waals surface area (Å²) in [6.45, 7) is 3.19. The minimum atomic E-state index is 0.238. The first-order valence-corrected chi connectivity index (χ1v) is 10.8. The molecule has 2 heterocycles. The SMILES string of the molecule is CC1=CN=C(CCCc2ccccc2)CN1CC(=O)CCc1ccc2nc(N)[nH]c2c1. The van der Waals surface area contributed by atoms with Crippen molar-refractivity contribution >= 4 is 28.5 Å². The predicted molar refractivity (Wildman–Crippen MR) is 126 cm³/mol. The van der Waals surface area contributed by atoms with E-state index in [1.165, 1.54) is 5.56 Å². The molecule has 0 aliphatic carbocycles. The van der Waals surface area contributed by atoms with Gasteiger partial charge in [-0.3, -0.25) is 9.79 Å². The average molecular weight is 416 g/mol. The largest absolute Gasteiger partial charge is 0.369 e. The van der Waals surface area contributed by atoms with Crippen molar-refractivity contribution in [1.82, 2.24) is 14.9 Å².